The van der Waals surface area contributed by atoms with Crippen LogP contribution in [0.25, 0.3) is 5.69 Å². The van der Waals surface area contributed by atoms with Crippen LogP contribution < -0.4 is 22.5 Å². The van der Waals surface area contributed by atoms with Gasteiger partial charge in [0.05, 0.1) is 5.69 Å². The van der Waals surface area contributed by atoms with Crippen LogP contribution in [0, 0.1) is 0 Å². The summed E-state index contributed by atoms with van der Waals surface area (Å²) in [5.41, 5.74) is 13.1. The maximum absolute atomic E-state index is 11.9. The molecular formula is C18H25N5O. The number of hydrogen-bond donors (Lipinski definition) is 3. The van der Waals surface area contributed by atoms with Crippen LogP contribution >= 0.6 is 0 Å². The minimum atomic E-state index is -0.365. The summed E-state index contributed by atoms with van der Waals surface area (Å²) in [5.74, 6) is 0.236. The minimum Gasteiger partial charge on any atom is -0.383 e. The van der Waals surface area contributed by atoms with E-state index < -0.39 is 0 Å². The summed E-state index contributed by atoms with van der Waals surface area (Å²) in [7, 11) is 0. The topological polar surface area (TPSA) is 99.0 Å². The van der Waals surface area contributed by atoms with Gasteiger partial charge in [-0.3, -0.25) is 4.57 Å². The third-order valence-corrected chi connectivity index (χ3v) is 4.57. The van der Waals surface area contributed by atoms with E-state index in [1.54, 1.807) is 12.3 Å². The molecule has 0 bridgehead atoms. The van der Waals surface area contributed by atoms with Crippen molar-refractivity contribution in [2.75, 3.05) is 5.73 Å². The Morgan fingerprint density at radius 3 is 2.67 bits per heavy atom. The molecule has 1 saturated carbocycles. The Kier molecular flexibility index (Phi) is 4.97. The summed E-state index contributed by atoms with van der Waals surface area (Å²) in [4.78, 5) is 15.6. The number of nitrogens with zero attached hydrogens (tertiary/aromatic N) is 2. The molecule has 1 fully saturated rings. The van der Waals surface area contributed by atoms with Crippen molar-refractivity contribution in [1.82, 2.24) is 14.9 Å². The van der Waals surface area contributed by atoms with Crippen molar-refractivity contribution in [1.29, 1.82) is 0 Å². The number of nitrogen functional groups attached to an aromatic ring is 1. The van der Waals surface area contributed by atoms with Crippen molar-refractivity contribution in [2.24, 2.45) is 5.73 Å². The van der Waals surface area contributed by atoms with Crippen molar-refractivity contribution in [3.05, 3.63) is 52.6 Å². The van der Waals surface area contributed by atoms with Crippen molar-refractivity contribution >= 4 is 5.82 Å². The highest BCUT2D eigenvalue weighted by molar-refractivity contribution is 5.36. The number of aromatic nitrogens is 2. The maximum atomic E-state index is 11.9. The van der Waals surface area contributed by atoms with Gasteiger partial charge in [-0.15, -0.1) is 0 Å². The summed E-state index contributed by atoms with van der Waals surface area (Å²) in [5, 5.41) is 3.66. The van der Waals surface area contributed by atoms with E-state index in [2.05, 4.69) is 29.4 Å². The zero-order valence-electron chi connectivity index (χ0n) is 14.0. The monoisotopic (exact) mass is 327 g/mol. The Bertz CT molecular complexity index is 740. The van der Waals surface area contributed by atoms with E-state index in [1.807, 2.05) is 12.1 Å². The molecule has 1 aromatic carbocycles. The molecule has 1 aliphatic carbocycles. The summed E-state index contributed by atoms with van der Waals surface area (Å²) in [6.45, 7) is 2.20. The van der Waals surface area contributed by atoms with Gasteiger partial charge >= 0.3 is 5.69 Å². The summed E-state index contributed by atoms with van der Waals surface area (Å²) < 4.78 is 1.49. The van der Waals surface area contributed by atoms with Gasteiger partial charge in [0.15, 0.2) is 0 Å². The van der Waals surface area contributed by atoms with Crippen LogP contribution in [-0.2, 0) is 6.42 Å². The van der Waals surface area contributed by atoms with Crippen molar-refractivity contribution < 1.29 is 0 Å². The Labute approximate surface area is 141 Å². The lowest BCUT2D eigenvalue weighted by Crippen LogP contribution is -2.37. The Morgan fingerprint density at radius 2 is 2.04 bits per heavy atom. The second-order valence-electron chi connectivity index (χ2n) is 6.71. The SMILES string of the molecule is CC(Cc1ccc(-n2ccc(N)nc2=O)cc1)NC1CCC(N)C1. The molecule has 0 spiro atoms. The molecule has 1 heterocycles. The van der Waals surface area contributed by atoms with Gasteiger partial charge < -0.3 is 16.8 Å². The van der Waals surface area contributed by atoms with Crippen molar-refractivity contribution in [2.45, 2.75) is 50.7 Å². The van der Waals surface area contributed by atoms with Gasteiger partial charge in [-0.25, -0.2) is 4.79 Å². The van der Waals surface area contributed by atoms with Crippen LogP contribution in [0.4, 0.5) is 5.82 Å². The van der Waals surface area contributed by atoms with Crippen LogP contribution in [0.1, 0.15) is 31.7 Å². The number of rotatable bonds is 5. The Morgan fingerprint density at radius 1 is 1.29 bits per heavy atom. The average molecular weight is 327 g/mol. The fourth-order valence-corrected chi connectivity index (χ4v) is 3.39. The second kappa shape index (κ2) is 7.15. The molecule has 0 aliphatic heterocycles. The number of benzene rings is 1. The van der Waals surface area contributed by atoms with E-state index in [0.717, 1.165) is 31.4 Å². The Balaban J connectivity index is 1.63. The molecule has 24 heavy (non-hydrogen) atoms. The van der Waals surface area contributed by atoms with Crippen molar-refractivity contribution in [3.8, 4) is 5.69 Å². The molecule has 128 valence electrons. The minimum absolute atomic E-state index is 0.236. The van der Waals surface area contributed by atoms with Gasteiger partial charge in [0.25, 0.3) is 0 Å². The van der Waals surface area contributed by atoms with Crippen molar-refractivity contribution in [3.63, 3.8) is 0 Å². The first-order valence-electron chi connectivity index (χ1n) is 8.47. The predicted octanol–water partition coefficient (Wildman–Crippen LogP) is 1.22. The molecule has 0 saturated heterocycles. The third kappa shape index (κ3) is 4.01. The molecule has 3 atom stereocenters. The van der Waals surface area contributed by atoms with E-state index in [-0.39, 0.29) is 11.5 Å². The summed E-state index contributed by atoms with van der Waals surface area (Å²) >= 11 is 0. The molecule has 6 heteroatoms. The highest BCUT2D eigenvalue weighted by atomic mass is 16.1. The lowest BCUT2D eigenvalue weighted by Gasteiger charge is -2.19. The molecule has 3 rings (SSSR count). The highest BCUT2D eigenvalue weighted by Gasteiger charge is 2.22. The molecular weight excluding hydrogens is 302 g/mol. The second-order valence-corrected chi connectivity index (χ2v) is 6.71. The highest BCUT2D eigenvalue weighted by Crippen LogP contribution is 2.18. The van der Waals surface area contributed by atoms with Crippen LogP contribution in [0.2, 0.25) is 0 Å². The fourth-order valence-electron chi connectivity index (χ4n) is 3.39. The zero-order valence-corrected chi connectivity index (χ0v) is 14.0. The maximum Gasteiger partial charge on any atom is 0.354 e. The lowest BCUT2D eigenvalue weighted by molar-refractivity contribution is 0.444. The molecule has 0 amide bonds. The van der Waals surface area contributed by atoms with Gasteiger partial charge in [-0.05, 0) is 56.4 Å². The van der Waals surface area contributed by atoms with E-state index in [9.17, 15) is 4.79 Å². The third-order valence-electron chi connectivity index (χ3n) is 4.57. The average Bonchev–Trinajstić information content (AvgIpc) is 2.93. The van der Waals surface area contributed by atoms with Gasteiger partial charge in [0, 0.05) is 24.3 Å². The molecule has 5 N–H and O–H groups in total. The largest absolute Gasteiger partial charge is 0.383 e. The first-order chi connectivity index (χ1) is 11.5. The molecule has 1 aliphatic rings. The van der Waals surface area contributed by atoms with E-state index >= 15 is 0 Å². The molecule has 2 aromatic rings. The van der Waals surface area contributed by atoms with Gasteiger partial charge in [-0.1, -0.05) is 12.1 Å². The molecule has 0 radical (unpaired) electrons. The predicted molar refractivity (Wildman–Crippen MR) is 96.2 cm³/mol. The number of nitrogens with one attached hydrogen (secondary N) is 1. The summed E-state index contributed by atoms with van der Waals surface area (Å²) in [6, 6.07) is 10.9. The fraction of sp³-hybridized carbons (Fsp3) is 0.444. The van der Waals surface area contributed by atoms with Crippen LogP contribution in [0.5, 0.6) is 0 Å². The summed E-state index contributed by atoms with van der Waals surface area (Å²) in [6.07, 6.45) is 5.94. The van der Waals surface area contributed by atoms with Gasteiger partial charge in [0.2, 0.25) is 0 Å². The van der Waals surface area contributed by atoms with Gasteiger partial charge in [0.1, 0.15) is 5.82 Å². The van der Waals surface area contributed by atoms with E-state index in [1.165, 1.54) is 10.1 Å². The Hall–Kier alpha value is -2.18. The van der Waals surface area contributed by atoms with Crippen LogP contribution in [-0.4, -0.2) is 27.7 Å². The normalized spacial score (nSPS) is 21.8. The quantitative estimate of drug-likeness (QED) is 0.767. The van der Waals surface area contributed by atoms with Gasteiger partial charge in [-0.2, -0.15) is 4.98 Å². The van der Waals surface area contributed by atoms with E-state index in [4.69, 9.17) is 11.5 Å². The zero-order chi connectivity index (χ0) is 17.1. The van der Waals surface area contributed by atoms with E-state index in [0.29, 0.717) is 18.1 Å². The first-order valence-corrected chi connectivity index (χ1v) is 8.47. The molecule has 3 unspecified atom stereocenters. The standard InChI is InChI=1S/C18H25N5O/c1-12(21-15-5-4-14(19)11-15)10-13-2-6-16(7-3-13)23-9-8-17(20)22-18(23)24/h2-3,6-9,12,14-15,21H,4-5,10-11,19H2,1H3,(H2,20,22,24). The smallest absolute Gasteiger partial charge is 0.354 e. The molecule has 6 nitrogen and oxygen atoms in total. The lowest BCUT2D eigenvalue weighted by atomic mass is 10.1. The number of hydrogen-bond acceptors (Lipinski definition) is 5. The van der Waals surface area contributed by atoms with Crippen LogP contribution in [0.15, 0.2) is 41.3 Å². The number of nitrogens with two attached hydrogens (primary N) is 2. The van der Waals surface area contributed by atoms with Crippen LogP contribution in [0.3, 0.4) is 0 Å². The number of anilines is 1. The first kappa shape index (κ1) is 16.7. The molecule has 1 aromatic heterocycles.